The van der Waals surface area contributed by atoms with Gasteiger partial charge in [0, 0.05) is 12.0 Å². The van der Waals surface area contributed by atoms with Gasteiger partial charge in [0.15, 0.2) is 5.78 Å². The molecule has 108 valence electrons. The van der Waals surface area contributed by atoms with Gasteiger partial charge < -0.3 is 4.74 Å². The van der Waals surface area contributed by atoms with E-state index in [4.69, 9.17) is 4.74 Å². The Bertz CT molecular complexity index is 590. The van der Waals surface area contributed by atoms with Crippen LogP contribution in [0.25, 0.3) is 0 Å². The second-order valence-corrected chi connectivity index (χ2v) is 4.91. The van der Waals surface area contributed by atoms with Gasteiger partial charge in [0.05, 0.1) is 11.7 Å². The summed E-state index contributed by atoms with van der Waals surface area (Å²) < 4.78 is 5.33. The number of carbonyl (C=O) groups excluding carboxylic acids is 2. The zero-order valence-corrected chi connectivity index (χ0v) is 12.0. The summed E-state index contributed by atoms with van der Waals surface area (Å²) in [5.74, 6) is -0.284. The summed E-state index contributed by atoms with van der Waals surface area (Å²) in [7, 11) is 0. The average Bonchev–Trinajstić information content (AvgIpc) is 2.54. The molecule has 2 rings (SSSR count). The SMILES string of the molecule is CC(CCC(=O)c1ccccc1)OC(=O)c1ccccc1. The van der Waals surface area contributed by atoms with Gasteiger partial charge in [-0.1, -0.05) is 48.5 Å². The zero-order valence-electron chi connectivity index (χ0n) is 12.0. The van der Waals surface area contributed by atoms with Crippen molar-refractivity contribution >= 4 is 11.8 Å². The highest BCUT2D eigenvalue weighted by Gasteiger charge is 2.13. The van der Waals surface area contributed by atoms with Crippen molar-refractivity contribution in [2.24, 2.45) is 0 Å². The molecule has 0 saturated carbocycles. The van der Waals surface area contributed by atoms with Gasteiger partial charge in [-0.25, -0.2) is 4.79 Å². The van der Waals surface area contributed by atoms with E-state index in [-0.39, 0.29) is 17.9 Å². The fourth-order valence-electron chi connectivity index (χ4n) is 1.99. The normalized spacial score (nSPS) is 11.7. The summed E-state index contributed by atoms with van der Waals surface area (Å²) in [6.45, 7) is 1.80. The van der Waals surface area contributed by atoms with Crippen LogP contribution in [0.1, 0.15) is 40.5 Å². The number of esters is 1. The van der Waals surface area contributed by atoms with Gasteiger partial charge in [-0.2, -0.15) is 0 Å². The number of ketones is 1. The molecular weight excluding hydrogens is 264 g/mol. The van der Waals surface area contributed by atoms with Crippen LogP contribution in [0.15, 0.2) is 60.7 Å². The molecule has 0 amide bonds. The van der Waals surface area contributed by atoms with Crippen molar-refractivity contribution in [2.75, 3.05) is 0 Å². The number of ether oxygens (including phenoxy) is 1. The first kappa shape index (κ1) is 15.0. The van der Waals surface area contributed by atoms with E-state index in [0.717, 1.165) is 0 Å². The van der Waals surface area contributed by atoms with Crippen LogP contribution >= 0.6 is 0 Å². The maximum Gasteiger partial charge on any atom is 0.338 e. The standard InChI is InChI=1S/C18H18O3/c1-14(21-18(20)16-10-6-3-7-11-16)12-13-17(19)15-8-4-2-5-9-15/h2-11,14H,12-13H2,1H3. The molecule has 2 aromatic carbocycles. The third-order valence-corrected chi connectivity index (χ3v) is 3.19. The van der Waals surface area contributed by atoms with Crippen LogP contribution in [0.2, 0.25) is 0 Å². The Labute approximate surface area is 124 Å². The van der Waals surface area contributed by atoms with Crippen molar-refractivity contribution < 1.29 is 14.3 Å². The predicted molar refractivity (Wildman–Crippen MR) is 81.3 cm³/mol. The average molecular weight is 282 g/mol. The van der Waals surface area contributed by atoms with Crippen molar-refractivity contribution in [2.45, 2.75) is 25.9 Å². The molecule has 0 fully saturated rings. The minimum absolute atomic E-state index is 0.0678. The molecule has 0 aromatic heterocycles. The highest BCUT2D eigenvalue weighted by atomic mass is 16.5. The molecule has 1 unspecified atom stereocenters. The number of rotatable bonds is 6. The van der Waals surface area contributed by atoms with Crippen molar-refractivity contribution in [3.63, 3.8) is 0 Å². The van der Waals surface area contributed by atoms with E-state index in [2.05, 4.69) is 0 Å². The third kappa shape index (κ3) is 4.56. The van der Waals surface area contributed by atoms with Crippen LogP contribution in [0.5, 0.6) is 0 Å². The molecule has 0 spiro atoms. The van der Waals surface area contributed by atoms with Crippen LogP contribution < -0.4 is 0 Å². The van der Waals surface area contributed by atoms with E-state index < -0.39 is 0 Å². The molecule has 3 heteroatoms. The third-order valence-electron chi connectivity index (χ3n) is 3.19. The van der Waals surface area contributed by atoms with Gasteiger partial charge in [0.1, 0.15) is 0 Å². The summed E-state index contributed by atoms with van der Waals surface area (Å²) in [5, 5.41) is 0. The van der Waals surface area contributed by atoms with E-state index in [9.17, 15) is 9.59 Å². The Morgan fingerprint density at radius 3 is 2.00 bits per heavy atom. The van der Waals surface area contributed by atoms with E-state index >= 15 is 0 Å². The maximum atomic E-state index is 12.0. The lowest BCUT2D eigenvalue weighted by molar-refractivity contribution is 0.0317. The molecule has 0 aliphatic rings. The topological polar surface area (TPSA) is 43.4 Å². The van der Waals surface area contributed by atoms with Crippen molar-refractivity contribution in [1.82, 2.24) is 0 Å². The molecule has 0 heterocycles. The number of hydrogen-bond acceptors (Lipinski definition) is 3. The molecule has 0 N–H and O–H groups in total. The minimum Gasteiger partial charge on any atom is -0.459 e. The Balaban J connectivity index is 1.81. The van der Waals surface area contributed by atoms with Crippen LogP contribution in [0.4, 0.5) is 0 Å². The van der Waals surface area contributed by atoms with E-state index in [0.29, 0.717) is 24.0 Å². The number of carbonyl (C=O) groups is 2. The lowest BCUT2D eigenvalue weighted by atomic mass is 10.1. The molecule has 3 nitrogen and oxygen atoms in total. The molecular formula is C18H18O3. The zero-order chi connectivity index (χ0) is 15.1. The number of hydrogen-bond donors (Lipinski definition) is 0. The molecule has 0 aliphatic carbocycles. The second-order valence-electron chi connectivity index (χ2n) is 4.91. The maximum absolute atomic E-state index is 12.0. The van der Waals surface area contributed by atoms with Crippen LogP contribution in [-0.2, 0) is 4.74 Å². The Morgan fingerprint density at radius 2 is 1.43 bits per heavy atom. The lowest BCUT2D eigenvalue weighted by Gasteiger charge is -2.12. The minimum atomic E-state index is -0.352. The molecule has 2 aromatic rings. The van der Waals surface area contributed by atoms with Crippen molar-refractivity contribution in [3.05, 3.63) is 71.8 Å². The Kier molecular flexibility index (Phi) is 5.27. The summed E-state index contributed by atoms with van der Waals surface area (Å²) in [5.41, 5.74) is 1.22. The first-order chi connectivity index (χ1) is 10.2. The molecule has 1 atom stereocenters. The molecule has 0 bridgehead atoms. The van der Waals surface area contributed by atoms with E-state index in [1.807, 2.05) is 24.3 Å². The van der Waals surface area contributed by atoms with E-state index in [1.165, 1.54) is 0 Å². The summed E-state index contributed by atoms with van der Waals surface area (Å²) in [4.78, 5) is 23.8. The largest absolute Gasteiger partial charge is 0.459 e. The Hall–Kier alpha value is -2.42. The molecule has 21 heavy (non-hydrogen) atoms. The molecule has 0 saturated heterocycles. The monoisotopic (exact) mass is 282 g/mol. The van der Waals surface area contributed by atoms with Gasteiger partial charge in [0.25, 0.3) is 0 Å². The first-order valence-electron chi connectivity index (χ1n) is 7.01. The van der Waals surface area contributed by atoms with Crippen LogP contribution in [-0.4, -0.2) is 17.9 Å². The highest BCUT2D eigenvalue weighted by molar-refractivity contribution is 5.96. The van der Waals surface area contributed by atoms with E-state index in [1.54, 1.807) is 43.3 Å². The summed E-state index contributed by atoms with van der Waals surface area (Å²) in [6.07, 6.45) is 0.602. The lowest BCUT2D eigenvalue weighted by Crippen LogP contribution is -2.16. The first-order valence-corrected chi connectivity index (χ1v) is 7.01. The van der Waals surface area contributed by atoms with Crippen LogP contribution in [0.3, 0.4) is 0 Å². The fraction of sp³-hybridized carbons (Fsp3) is 0.222. The smallest absolute Gasteiger partial charge is 0.338 e. The number of Topliss-reactive ketones (excluding diaryl/α,β-unsaturated/α-hetero) is 1. The Morgan fingerprint density at radius 1 is 0.905 bits per heavy atom. The van der Waals surface area contributed by atoms with Gasteiger partial charge in [-0.05, 0) is 25.5 Å². The second kappa shape index (κ2) is 7.39. The van der Waals surface area contributed by atoms with Gasteiger partial charge >= 0.3 is 5.97 Å². The quantitative estimate of drug-likeness (QED) is 0.596. The summed E-state index contributed by atoms with van der Waals surface area (Å²) in [6, 6.07) is 18.0. The highest BCUT2D eigenvalue weighted by Crippen LogP contribution is 2.11. The van der Waals surface area contributed by atoms with Gasteiger partial charge in [-0.3, -0.25) is 4.79 Å². The molecule has 0 radical (unpaired) electrons. The fourth-order valence-corrected chi connectivity index (χ4v) is 1.99. The van der Waals surface area contributed by atoms with Crippen LogP contribution in [0, 0.1) is 0 Å². The summed E-state index contributed by atoms with van der Waals surface area (Å²) >= 11 is 0. The number of benzene rings is 2. The predicted octanol–water partition coefficient (Wildman–Crippen LogP) is 3.90. The van der Waals surface area contributed by atoms with Crippen molar-refractivity contribution in [1.29, 1.82) is 0 Å². The van der Waals surface area contributed by atoms with Gasteiger partial charge in [0.2, 0.25) is 0 Å². The van der Waals surface area contributed by atoms with Crippen molar-refractivity contribution in [3.8, 4) is 0 Å². The van der Waals surface area contributed by atoms with Gasteiger partial charge in [-0.15, -0.1) is 0 Å². The molecule has 0 aliphatic heterocycles.